The van der Waals surface area contributed by atoms with Crippen LogP contribution in [0.2, 0.25) is 0 Å². The number of carbonyl (C=O) groups is 2. The minimum absolute atomic E-state index is 0.0151. The van der Waals surface area contributed by atoms with Crippen LogP contribution in [0.15, 0.2) is 40.8 Å². The second-order valence-corrected chi connectivity index (χ2v) is 7.60. The van der Waals surface area contributed by atoms with E-state index in [9.17, 15) is 19.7 Å². The van der Waals surface area contributed by atoms with Gasteiger partial charge >= 0.3 is 12.0 Å². The molecule has 2 aromatic rings. The third kappa shape index (κ3) is 2.84. The van der Waals surface area contributed by atoms with Crippen LogP contribution in [0.3, 0.4) is 0 Å². The number of rotatable bonds is 3. The van der Waals surface area contributed by atoms with Gasteiger partial charge in [0.15, 0.2) is 5.76 Å². The maximum Gasteiger partial charge on any atom is 0.433 e. The number of benzene rings is 1. The second kappa shape index (κ2) is 6.61. The fraction of sp³-hybridized carbons (Fsp3) is 0.400. The van der Waals surface area contributed by atoms with Crippen LogP contribution in [0.25, 0.3) is 0 Å². The zero-order valence-electron chi connectivity index (χ0n) is 15.5. The summed E-state index contributed by atoms with van der Waals surface area (Å²) in [5.74, 6) is -0.862. The average Bonchev–Trinajstić information content (AvgIpc) is 3.41. The Hall–Kier alpha value is -3.36. The maximum absolute atomic E-state index is 12.6. The molecule has 0 radical (unpaired) electrons. The fourth-order valence-corrected chi connectivity index (χ4v) is 4.70. The Bertz CT molecular complexity index is 994. The van der Waals surface area contributed by atoms with E-state index in [-0.39, 0.29) is 35.9 Å². The van der Waals surface area contributed by atoms with Gasteiger partial charge in [-0.25, -0.2) is 4.79 Å². The molecule has 2 aliphatic heterocycles. The van der Waals surface area contributed by atoms with Gasteiger partial charge < -0.3 is 14.1 Å². The van der Waals surface area contributed by atoms with Gasteiger partial charge in [0.1, 0.15) is 11.0 Å². The molecule has 9 heteroatoms. The molecule has 0 spiro atoms. The van der Waals surface area contributed by atoms with Crippen LogP contribution in [0, 0.1) is 10.1 Å². The number of carbonyl (C=O) groups excluding carboxylic acids is 2. The number of piperidine rings is 1. The van der Waals surface area contributed by atoms with Crippen LogP contribution in [0.4, 0.5) is 10.7 Å². The highest BCUT2D eigenvalue weighted by atomic mass is 16.6. The predicted molar refractivity (Wildman–Crippen MR) is 99.3 cm³/mol. The second-order valence-electron chi connectivity index (χ2n) is 7.60. The minimum atomic E-state index is -0.669. The molecular formula is C20H19N3O6. The normalized spacial score (nSPS) is 23.7. The van der Waals surface area contributed by atoms with Gasteiger partial charge in [-0.3, -0.25) is 19.8 Å². The van der Waals surface area contributed by atoms with Crippen molar-refractivity contribution in [1.82, 2.24) is 9.80 Å². The lowest BCUT2D eigenvalue weighted by molar-refractivity contribution is -0.402. The highest BCUT2D eigenvalue weighted by molar-refractivity contribution is 5.91. The van der Waals surface area contributed by atoms with Gasteiger partial charge in [-0.1, -0.05) is 24.3 Å². The molecule has 2 amide bonds. The Kier molecular flexibility index (Phi) is 4.04. The van der Waals surface area contributed by atoms with Gasteiger partial charge in [-0.15, -0.1) is 0 Å². The Morgan fingerprint density at radius 2 is 1.90 bits per heavy atom. The first-order valence-corrected chi connectivity index (χ1v) is 9.63. The Morgan fingerprint density at radius 3 is 2.62 bits per heavy atom. The number of fused-ring (bicyclic) bond motifs is 3. The zero-order chi connectivity index (χ0) is 20.1. The number of ether oxygens (including phenoxy) is 1. The first-order valence-electron chi connectivity index (χ1n) is 9.63. The van der Waals surface area contributed by atoms with Crippen LogP contribution >= 0.6 is 0 Å². The molecule has 150 valence electrons. The third-order valence-electron chi connectivity index (χ3n) is 6.04. The summed E-state index contributed by atoms with van der Waals surface area (Å²) in [6.45, 7) is 0.890. The fourth-order valence-electron chi connectivity index (χ4n) is 4.70. The lowest BCUT2D eigenvalue weighted by Crippen LogP contribution is -2.47. The summed E-state index contributed by atoms with van der Waals surface area (Å²) in [6, 6.07) is 10.5. The van der Waals surface area contributed by atoms with Gasteiger partial charge in [0.2, 0.25) is 0 Å². The van der Waals surface area contributed by atoms with E-state index in [0.717, 1.165) is 12.0 Å². The van der Waals surface area contributed by atoms with E-state index in [4.69, 9.17) is 9.15 Å². The molecule has 5 rings (SSSR count). The zero-order valence-corrected chi connectivity index (χ0v) is 15.5. The Morgan fingerprint density at radius 1 is 1.14 bits per heavy atom. The van der Waals surface area contributed by atoms with Crippen LogP contribution in [0.5, 0.6) is 0 Å². The van der Waals surface area contributed by atoms with Crippen molar-refractivity contribution in [3.63, 3.8) is 0 Å². The van der Waals surface area contributed by atoms with Crippen molar-refractivity contribution in [3.8, 4) is 0 Å². The van der Waals surface area contributed by atoms with E-state index < -0.39 is 10.8 Å². The summed E-state index contributed by atoms with van der Waals surface area (Å²) in [6.07, 6.45) is 1.53. The summed E-state index contributed by atoms with van der Waals surface area (Å²) >= 11 is 0. The van der Waals surface area contributed by atoms with Crippen molar-refractivity contribution in [3.05, 3.63) is 63.4 Å². The summed E-state index contributed by atoms with van der Waals surface area (Å²) < 4.78 is 10.7. The van der Waals surface area contributed by atoms with Crippen molar-refractivity contribution in [1.29, 1.82) is 0 Å². The molecule has 2 unspecified atom stereocenters. The van der Waals surface area contributed by atoms with Crippen molar-refractivity contribution in [2.75, 3.05) is 13.1 Å². The number of hydrogen-bond acceptors (Lipinski definition) is 6. The lowest BCUT2D eigenvalue weighted by atomic mass is 9.99. The minimum Gasteiger partial charge on any atom is -0.443 e. The first kappa shape index (κ1) is 17.7. The maximum atomic E-state index is 12.6. The van der Waals surface area contributed by atoms with E-state index in [1.54, 1.807) is 4.90 Å². The predicted octanol–water partition coefficient (Wildman–Crippen LogP) is 2.91. The van der Waals surface area contributed by atoms with E-state index in [1.807, 2.05) is 17.0 Å². The molecule has 0 N–H and O–H groups in total. The van der Waals surface area contributed by atoms with Crippen molar-refractivity contribution in [2.45, 2.75) is 37.5 Å². The average molecular weight is 397 g/mol. The van der Waals surface area contributed by atoms with Crippen LogP contribution in [0.1, 0.15) is 40.6 Å². The summed E-state index contributed by atoms with van der Waals surface area (Å²) in [4.78, 5) is 38.7. The van der Waals surface area contributed by atoms with Crippen molar-refractivity contribution >= 4 is 17.9 Å². The van der Waals surface area contributed by atoms with Gasteiger partial charge in [-0.05, 0) is 30.0 Å². The number of furan rings is 1. The third-order valence-corrected chi connectivity index (χ3v) is 6.04. The molecule has 2 atom stereocenters. The number of likely N-dealkylation sites (tertiary alicyclic amines) is 1. The van der Waals surface area contributed by atoms with Crippen LogP contribution in [-0.4, -0.2) is 52.0 Å². The highest BCUT2D eigenvalue weighted by Crippen LogP contribution is 2.44. The van der Waals surface area contributed by atoms with Gasteiger partial charge in [-0.2, -0.15) is 0 Å². The monoisotopic (exact) mass is 397 g/mol. The molecule has 29 heavy (non-hydrogen) atoms. The van der Waals surface area contributed by atoms with Crippen LogP contribution in [-0.2, 0) is 11.2 Å². The molecule has 0 saturated carbocycles. The number of nitrogens with zero attached hydrogens (tertiary/aromatic N) is 3. The lowest BCUT2D eigenvalue weighted by Gasteiger charge is -2.37. The molecular weight excluding hydrogens is 378 g/mol. The smallest absolute Gasteiger partial charge is 0.433 e. The number of nitro groups is 1. The van der Waals surface area contributed by atoms with Crippen molar-refractivity contribution < 1.29 is 23.7 Å². The van der Waals surface area contributed by atoms with Gasteiger partial charge in [0.25, 0.3) is 5.91 Å². The number of amides is 2. The van der Waals surface area contributed by atoms with E-state index >= 15 is 0 Å². The standard InChI is InChI=1S/C20H19N3O6/c24-19(15-5-6-17(28-15)23(26)27)21-9-7-13(8-10-21)22-18-14-4-2-1-3-12(14)11-16(18)29-20(22)25/h1-6,13,16,18H,7-11H2. The van der Waals surface area contributed by atoms with Gasteiger partial charge in [0.05, 0.1) is 12.1 Å². The molecule has 3 aliphatic rings. The quantitative estimate of drug-likeness (QED) is 0.582. The Balaban J connectivity index is 1.28. The van der Waals surface area contributed by atoms with E-state index in [2.05, 4.69) is 12.1 Å². The van der Waals surface area contributed by atoms with E-state index in [1.165, 1.54) is 17.7 Å². The summed E-state index contributed by atoms with van der Waals surface area (Å²) in [5, 5.41) is 10.7. The van der Waals surface area contributed by atoms with E-state index in [0.29, 0.717) is 25.9 Å². The molecule has 3 heterocycles. The van der Waals surface area contributed by atoms with Crippen LogP contribution < -0.4 is 0 Å². The molecule has 1 aromatic heterocycles. The molecule has 2 fully saturated rings. The first-order chi connectivity index (χ1) is 14.0. The molecule has 1 aliphatic carbocycles. The molecule has 2 saturated heterocycles. The molecule has 9 nitrogen and oxygen atoms in total. The molecule has 1 aromatic carbocycles. The highest BCUT2D eigenvalue weighted by Gasteiger charge is 2.50. The topological polar surface area (TPSA) is 106 Å². The number of hydrogen-bond donors (Lipinski definition) is 0. The Labute approximate surface area is 166 Å². The molecule has 0 bridgehead atoms. The van der Waals surface area contributed by atoms with Crippen molar-refractivity contribution in [2.24, 2.45) is 0 Å². The SMILES string of the molecule is O=C(c1ccc([N+](=O)[O-])o1)N1CCC(N2C(=O)OC3Cc4ccccc4C32)CC1. The summed E-state index contributed by atoms with van der Waals surface area (Å²) in [7, 11) is 0. The van der Waals surface area contributed by atoms with Gasteiger partial charge in [0, 0.05) is 25.6 Å². The summed E-state index contributed by atoms with van der Waals surface area (Å²) in [5.41, 5.74) is 2.36. The largest absolute Gasteiger partial charge is 0.443 e.